The van der Waals surface area contributed by atoms with Crippen LogP contribution in [0.15, 0.2) is 35.5 Å². The molecule has 0 aliphatic heterocycles. The molecule has 70 valence electrons. The van der Waals surface area contributed by atoms with Crippen LogP contribution in [-0.4, -0.2) is 12.1 Å². The highest BCUT2D eigenvalue weighted by Gasteiger charge is 1.92. The molecule has 0 fully saturated rings. The molecular weight excluding hydrogens is 164 g/mol. The standard InChI is InChI=1S/C10H14N2O/c1-8(4-3-7-11)5-6-9(2)10(12)13/h3-7,11H,1-2H3,(H2,12,13)/b4-3+,8-5-,9-6+,11-7?. The maximum atomic E-state index is 10.6. The zero-order chi connectivity index (χ0) is 10.3. The number of carbonyl (C=O) groups excluding carboxylic acids is 1. The van der Waals surface area contributed by atoms with Gasteiger partial charge in [-0.05, 0) is 19.9 Å². The molecule has 13 heavy (non-hydrogen) atoms. The van der Waals surface area contributed by atoms with Crippen molar-refractivity contribution in [1.29, 1.82) is 5.41 Å². The van der Waals surface area contributed by atoms with Gasteiger partial charge in [-0.15, -0.1) is 0 Å². The Bertz CT molecular complexity index is 285. The molecule has 0 atom stereocenters. The van der Waals surface area contributed by atoms with Gasteiger partial charge in [0.1, 0.15) is 0 Å². The molecule has 0 spiro atoms. The van der Waals surface area contributed by atoms with E-state index < -0.39 is 5.91 Å². The Labute approximate surface area is 78.1 Å². The molecule has 0 saturated heterocycles. The summed E-state index contributed by atoms with van der Waals surface area (Å²) >= 11 is 0. The zero-order valence-corrected chi connectivity index (χ0v) is 7.87. The van der Waals surface area contributed by atoms with E-state index in [-0.39, 0.29) is 0 Å². The molecule has 0 radical (unpaired) electrons. The van der Waals surface area contributed by atoms with Gasteiger partial charge in [0.15, 0.2) is 0 Å². The van der Waals surface area contributed by atoms with Crippen molar-refractivity contribution in [2.24, 2.45) is 5.73 Å². The molecule has 1 amide bonds. The fourth-order valence-corrected chi connectivity index (χ4v) is 0.594. The predicted octanol–water partition coefficient (Wildman–Crippen LogP) is 1.57. The van der Waals surface area contributed by atoms with Crippen molar-refractivity contribution >= 4 is 12.1 Å². The summed E-state index contributed by atoms with van der Waals surface area (Å²) in [5.74, 6) is -0.417. The highest BCUT2D eigenvalue weighted by molar-refractivity contribution is 5.91. The number of nitrogens with two attached hydrogens (primary N) is 1. The Balaban J connectivity index is 4.41. The number of primary amides is 1. The first-order chi connectivity index (χ1) is 6.07. The summed E-state index contributed by atoms with van der Waals surface area (Å²) < 4.78 is 0. The highest BCUT2D eigenvalue weighted by atomic mass is 16.1. The second kappa shape index (κ2) is 5.94. The van der Waals surface area contributed by atoms with Gasteiger partial charge in [-0.25, -0.2) is 0 Å². The van der Waals surface area contributed by atoms with Crippen molar-refractivity contribution in [3.05, 3.63) is 35.5 Å². The molecule has 0 heterocycles. The monoisotopic (exact) mass is 178 g/mol. The number of carbonyl (C=O) groups is 1. The lowest BCUT2D eigenvalue weighted by Gasteiger charge is -1.91. The third-order valence-corrected chi connectivity index (χ3v) is 1.44. The summed E-state index contributed by atoms with van der Waals surface area (Å²) in [5.41, 5.74) is 6.51. The van der Waals surface area contributed by atoms with Crippen molar-refractivity contribution in [3.8, 4) is 0 Å². The van der Waals surface area contributed by atoms with Gasteiger partial charge in [-0.3, -0.25) is 4.79 Å². The van der Waals surface area contributed by atoms with E-state index >= 15 is 0 Å². The van der Waals surface area contributed by atoms with Gasteiger partial charge in [0, 0.05) is 11.8 Å². The molecule has 3 nitrogen and oxygen atoms in total. The number of rotatable bonds is 4. The Kier molecular flexibility index (Phi) is 5.19. The summed E-state index contributed by atoms with van der Waals surface area (Å²) in [4.78, 5) is 10.6. The van der Waals surface area contributed by atoms with E-state index in [1.165, 1.54) is 6.21 Å². The Morgan fingerprint density at radius 3 is 2.38 bits per heavy atom. The van der Waals surface area contributed by atoms with E-state index in [4.69, 9.17) is 11.1 Å². The molecule has 0 bridgehead atoms. The van der Waals surface area contributed by atoms with Crippen LogP contribution in [-0.2, 0) is 4.79 Å². The second-order valence-corrected chi connectivity index (χ2v) is 2.65. The number of hydrogen-bond acceptors (Lipinski definition) is 2. The molecule has 0 aliphatic carbocycles. The van der Waals surface area contributed by atoms with Crippen molar-refractivity contribution in [3.63, 3.8) is 0 Å². The van der Waals surface area contributed by atoms with Gasteiger partial charge in [-0.1, -0.05) is 23.8 Å². The smallest absolute Gasteiger partial charge is 0.244 e. The Morgan fingerprint density at radius 2 is 1.92 bits per heavy atom. The van der Waals surface area contributed by atoms with E-state index in [1.807, 2.05) is 6.92 Å². The maximum Gasteiger partial charge on any atom is 0.244 e. The first-order valence-corrected chi connectivity index (χ1v) is 3.90. The number of hydrogen-bond donors (Lipinski definition) is 2. The topological polar surface area (TPSA) is 66.9 Å². The minimum atomic E-state index is -0.417. The van der Waals surface area contributed by atoms with Gasteiger partial charge >= 0.3 is 0 Å². The Hall–Kier alpha value is -1.64. The van der Waals surface area contributed by atoms with Gasteiger partial charge in [0.25, 0.3) is 0 Å². The maximum absolute atomic E-state index is 10.6. The van der Waals surface area contributed by atoms with E-state index in [1.54, 1.807) is 31.2 Å². The molecule has 0 aliphatic rings. The van der Waals surface area contributed by atoms with Crippen molar-refractivity contribution in [2.75, 3.05) is 0 Å². The average Bonchev–Trinajstić information content (AvgIpc) is 2.10. The lowest BCUT2D eigenvalue weighted by molar-refractivity contribution is -0.114. The first-order valence-electron chi connectivity index (χ1n) is 3.90. The molecule has 0 rings (SSSR count). The predicted molar refractivity (Wildman–Crippen MR) is 54.6 cm³/mol. The van der Waals surface area contributed by atoms with E-state index in [9.17, 15) is 4.79 Å². The summed E-state index contributed by atoms with van der Waals surface area (Å²) in [6.45, 7) is 3.54. The van der Waals surface area contributed by atoms with E-state index in [2.05, 4.69) is 0 Å². The molecule has 0 aromatic carbocycles. The van der Waals surface area contributed by atoms with Gasteiger partial charge in [-0.2, -0.15) is 0 Å². The quantitative estimate of drug-likeness (QED) is 0.383. The summed E-state index contributed by atoms with van der Waals surface area (Å²) in [7, 11) is 0. The highest BCUT2D eigenvalue weighted by Crippen LogP contribution is 1.98. The van der Waals surface area contributed by atoms with E-state index in [0.717, 1.165) is 5.57 Å². The number of allylic oxidation sites excluding steroid dienone is 5. The van der Waals surface area contributed by atoms with Crippen LogP contribution in [0.3, 0.4) is 0 Å². The van der Waals surface area contributed by atoms with Crippen LogP contribution in [0.2, 0.25) is 0 Å². The third kappa shape index (κ3) is 5.61. The zero-order valence-electron chi connectivity index (χ0n) is 7.87. The van der Waals surface area contributed by atoms with Crippen LogP contribution < -0.4 is 5.73 Å². The van der Waals surface area contributed by atoms with Crippen molar-refractivity contribution in [1.82, 2.24) is 0 Å². The van der Waals surface area contributed by atoms with Crippen LogP contribution >= 0.6 is 0 Å². The van der Waals surface area contributed by atoms with Gasteiger partial charge in [0.2, 0.25) is 5.91 Å². The summed E-state index contributed by atoms with van der Waals surface area (Å²) in [6, 6.07) is 0. The average molecular weight is 178 g/mol. The number of nitrogens with one attached hydrogen (secondary N) is 1. The van der Waals surface area contributed by atoms with Gasteiger partial charge in [0.05, 0.1) is 0 Å². The lowest BCUT2D eigenvalue weighted by Crippen LogP contribution is -2.11. The molecule has 0 unspecified atom stereocenters. The molecule has 3 heteroatoms. The van der Waals surface area contributed by atoms with Crippen LogP contribution in [0.1, 0.15) is 13.8 Å². The van der Waals surface area contributed by atoms with Crippen LogP contribution in [0.4, 0.5) is 0 Å². The first kappa shape index (κ1) is 11.4. The fraction of sp³-hybridized carbons (Fsp3) is 0.200. The molecule has 0 saturated carbocycles. The second-order valence-electron chi connectivity index (χ2n) is 2.65. The minimum absolute atomic E-state index is 0.417. The Morgan fingerprint density at radius 1 is 1.31 bits per heavy atom. The third-order valence-electron chi connectivity index (χ3n) is 1.44. The van der Waals surface area contributed by atoms with Crippen LogP contribution in [0.25, 0.3) is 0 Å². The fourth-order valence-electron chi connectivity index (χ4n) is 0.594. The van der Waals surface area contributed by atoms with Gasteiger partial charge < -0.3 is 11.1 Å². The van der Waals surface area contributed by atoms with Crippen molar-refractivity contribution in [2.45, 2.75) is 13.8 Å². The largest absolute Gasteiger partial charge is 0.366 e. The number of amides is 1. The van der Waals surface area contributed by atoms with Crippen LogP contribution in [0.5, 0.6) is 0 Å². The van der Waals surface area contributed by atoms with Crippen molar-refractivity contribution < 1.29 is 4.79 Å². The lowest BCUT2D eigenvalue weighted by atomic mass is 10.2. The van der Waals surface area contributed by atoms with E-state index in [0.29, 0.717) is 5.57 Å². The normalized spacial score (nSPS) is 13.4. The summed E-state index contributed by atoms with van der Waals surface area (Å²) in [5, 5.41) is 6.75. The minimum Gasteiger partial charge on any atom is -0.366 e. The van der Waals surface area contributed by atoms with Crippen LogP contribution in [0, 0.1) is 5.41 Å². The molecule has 3 N–H and O–H groups in total. The molecular formula is C10H14N2O. The SMILES string of the molecule is CC(=C/C=C(\C)C(N)=O)/C=C/C=N. The summed E-state index contributed by atoms with van der Waals surface area (Å²) in [6.07, 6.45) is 8.02. The molecule has 0 aromatic rings. The molecule has 0 aromatic heterocycles.